The average molecular weight is 221 g/mol. The average Bonchev–Trinajstić information content (AvgIpc) is 2.29. The van der Waals surface area contributed by atoms with Gasteiger partial charge in [-0.15, -0.1) is 0 Å². The molecule has 0 atom stereocenters. The van der Waals surface area contributed by atoms with Crippen LogP contribution in [0.2, 0.25) is 0 Å². The first-order valence-corrected chi connectivity index (χ1v) is 5.94. The zero-order chi connectivity index (χ0) is 11.5. The highest BCUT2D eigenvalue weighted by molar-refractivity contribution is 5.36. The van der Waals surface area contributed by atoms with Gasteiger partial charge in [0, 0.05) is 19.2 Å². The molecule has 4 nitrogen and oxygen atoms in total. The van der Waals surface area contributed by atoms with Gasteiger partial charge < -0.3 is 9.88 Å². The maximum absolute atomic E-state index is 11.2. The molecular weight excluding hydrogens is 202 g/mol. The number of H-pyrrole nitrogens is 1. The molecule has 4 heteroatoms. The number of hydrogen-bond acceptors (Lipinski definition) is 3. The van der Waals surface area contributed by atoms with Crippen molar-refractivity contribution in [3.05, 3.63) is 22.7 Å². The van der Waals surface area contributed by atoms with Gasteiger partial charge in [-0.2, -0.15) is 0 Å². The number of aromatic amines is 1. The fraction of sp³-hybridized carbons (Fsp3) is 0.667. The summed E-state index contributed by atoms with van der Waals surface area (Å²) in [6, 6.07) is 2.10. The predicted octanol–water partition coefficient (Wildman–Crippen LogP) is 1.78. The van der Waals surface area contributed by atoms with Crippen LogP contribution >= 0.6 is 0 Å². The number of anilines is 1. The molecule has 1 N–H and O–H groups in total. The van der Waals surface area contributed by atoms with Crippen LogP contribution in [0.25, 0.3) is 0 Å². The lowest BCUT2D eigenvalue weighted by molar-refractivity contribution is 0.340. The molecule has 1 aromatic rings. The summed E-state index contributed by atoms with van der Waals surface area (Å²) < 4.78 is 0. The van der Waals surface area contributed by atoms with Gasteiger partial charge in [-0.25, -0.2) is 4.98 Å². The highest BCUT2D eigenvalue weighted by atomic mass is 16.1. The summed E-state index contributed by atoms with van der Waals surface area (Å²) in [4.78, 5) is 20.1. The molecule has 16 heavy (non-hydrogen) atoms. The molecule has 0 amide bonds. The van der Waals surface area contributed by atoms with E-state index in [1.54, 1.807) is 6.07 Å². The SMILES string of the molecule is CC1CCC(N(C)c2cc(=O)[nH]cn2)CC1. The molecule has 0 radical (unpaired) electrons. The van der Waals surface area contributed by atoms with Crippen LogP contribution < -0.4 is 10.5 Å². The minimum Gasteiger partial charge on any atom is -0.356 e. The second-order valence-corrected chi connectivity index (χ2v) is 4.79. The molecule has 1 heterocycles. The van der Waals surface area contributed by atoms with Gasteiger partial charge in [0.1, 0.15) is 5.82 Å². The van der Waals surface area contributed by atoms with Crippen LogP contribution in [0.3, 0.4) is 0 Å². The second-order valence-electron chi connectivity index (χ2n) is 4.79. The van der Waals surface area contributed by atoms with Gasteiger partial charge in [0.05, 0.1) is 6.33 Å². The lowest BCUT2D eigenvalue weighted by Crippen LogP contribution is -2.35. The van der Waals surface area contributed by atoms with Crippen molar-refractivity contribution in [3.8, 4) is 0 Å². The molecule has 2 rings (SSSR count). The van der Waals surface area contributed by atoms with Crippen molar-refractivity contribution >= 4 is 5.82 Å². The van der Waals surface area contributed by atoms with E-state index < -0.39 is 0 Å². The van der Waals surface area contributed by atoms with Crippen LogP contribution in [0.1, 0.15) is 32.6 Å². The first-order chi connectivity index (χ1) is 7.66. The second kappa shape index (κ2) is 4.68. The van der Waals surface area contributed by atoms with Crippen molar-refractivity contribution in [1.29, 1.82) is 0 Å². The van der Waals surface area contributed by atoms with Crippen molar-refractivity contribution in [1.82, 2.24) is 9.97 Å². The van der Waals surface area contributed by atoms with E-state index >= 15 is 0 Å². The Morgan fingerprint density at radius 2 is 2.06 bits per heavy atom. The minimum atomic E-state index is -0.0824. The molecule has 0 spiro atoms. The zero-order valence-electron chi connectivity index (χ0n) is 9.94. The van der Waals surface area contributed by atoms with Crippen LogP contribution in [0.5, 0.6) is 0 Å². The molecule has 0 bridgehead atoms. The summed E-state index contributed by atoms with van der Waals surface area (Å²) in [7, 11) is 2.03. The number of aromatic nitrogens is 2. The van der Waals surface area contributed by atoms with Crippen molar-refractivity contribution in [2.24, 2.45) is 5.92 Å². The van der Waals surface area contributed by atoms with E-state index in [1.807, 2.05) is 7.05 Å². The van der Waals surface area contributed by atoms with Crippen molar-refractivity contribution in [3.63, 3.8) is 0 Å². The van der Waals surface area contributed by atoms with E-state index in [2.05, 4.69) is 21.8 Å². The first-order valence-electron chi connectivity index (χ1n) is 5.94. The highest BCUT2D eigenvalue weighted by Crippen LogP contribution is 2.27. The van der Waals surface area contributed by atoms with Gasteiger partial charge in [-0.05, 0) is 31.6 Å². The summed E-state index contributed by atoms with van der Waals surface area (Å²) in [5.41, 5.74) is -0.0824. The Bertz CT molecular complexity index is 393. The van der Waals surface area contributed by atoms with Crippen LogP contribution in [-0.2, 0) is 0 Å². The van der Waals surface area contributed by atoms with Gasteiger partial charge in [-0.3, -0.25) is 4.79 Å². The number of rotatable bonds is 2. The topological polar surface area (TPSA) is 49.0 Å². The van der Waals surface area contributed by atoms with E-state index in [0.717, 1.165) is 11.7 Å². The van der Waals surface area contributed by atoms with Crippen molar-refractivity contribution in [2.45, 2.75) is 38.6 Å². The summed E-state index contributed by atoms with van der Waals surface area (Å²) in [5.74, 6) is 1.63. The Labute approximate surface area is 95.7 Å². The Kier molecular flexibility index (Phi) is 3.27. The maximum atomic E-state index is 11.2. The third-order valence-electron chi connectivity index (χ3n) is 3.56. The molecule has 1 saturated carbocycles. The molecule has 0 aliphatic heterocycles. The fourth-order valence-electron chi connectivity index (χ4n) is 2.37. The fourth-order valence-corrected chi connectivity index (χ4v) is 2.37. The Morgan fingerprint density at radius 3 is 2.69 bits per heavy atom. The molecule has 88 valence electrons. The van der Waals surface area contributed by atoms with Gasteiger partial charge in [0.25, 0.3) is 5.56 Å². The van der Waals surface area contributed by atoms with Gasteiger partial charge in [0.15, 0.2) is 0 Å². The highest BCUT2D eigenvalue weighted by Gasteiger charge is 2.22. The van der Waals surface area contributed by atoms with Crippen LogP contribution in [0, 0.1) is 5.92 Å². The molecule has 0 saturated heterocycles. The lowest BCUT2D eigenvalue weighted by Gasteiger charge is -2.34. The smallest absolute Gasteiger partial charge is 0.252 e. The van der Waals surface area contributed by atoms with Crippen molar-refractivity contribution < 1.29 is 0 Å². The van der Waals surface area contributed by atoms with E-state index in [-0.39, 0.29) is 5.56 Å². The van der Waals surface area contributed by atoms with Gasteiger partial charge in [0.2, 0.25) is 0 Å². The Balaban J connectivity index is 2.07. The van der Waals surface area contributed by atoms with Crippen LogP contribution in [0.15, 0.2) is 17.2 Å². The van der Waals surface area contributed by atoms with E-state index in [4.69, 9.17) is 0 Å². The quantitative estimate of drug-likeness (QED) is 0.828. The van der Waals surface area contributed by atoms with Crippen molar-refractivity contribution in [2.75, 3.05) is 11.9 Å². The summed E-state index contributed by atoms with van der Waals surface area (Å²) >= 11 is 0. The lowest BCUT2D eigenvalue weighted by atomic mass is 9.87. The van der Waals surface area contributed by atoms with E-state index in [0.29, 0.717) is 6.04 Å². The summed E-state index contributed by atoms with van der Waals surface area (Å²) in [6.07, 6.45) is 6.42. The summed E-state index contributed by atoms with van der Waals surface area (Å²) in [5, 5.41) is 0. The van der Waals surface area contributed by atoms with Crippen LogP contribution in [0.4, 0.5) is 5.82 Å². The minimum absolute atomic E-state index is 0.0824. The molecule has 1 aliphatic carbocycles. The zero-order valence-corrected chi connectivity index (χ0v) is 9.94. The Hall–Kier alpha value is -1.32. The van der Waals surface area contributed by atoms with Crippen LogP contribution in [-0.4, -0.2) is 23.1 Å². The normalized spacial score (nSPS) is 25.4. The molecule has 1 aromatic heterocycles. The van der Waals surface area contributed by atoms with E-state index in [9.17, 15) is 4.79 Å². The third-order valence-corrected chi connectivity index (χ3v) is 3.56. The summed E-state index contributed by atoms with van der Waals surface area (Å²) in [6.45, 7) is 2.31. The Morgan fingerprint density at radius 1 is 1.38 bits per heavy atom. The third kappa shape index (κ3) is 2.43. The standard InChI is InChI=1S/C12H19N3O/c1-9-3-5-10(6-4-9)15(2)11-7-12(16)14-8-13-11/h7-10H,3-6H2,1-2H3,(H,13,14,16). The molecule has 0 unspecified atom stereocenters. The number of hydrogen-bond donors (Lipinski definition) is 1. The monoisotopic (exact) mass is 221 g/mol. The number of nitrogens with one attached hydrogen (secondary N) is 1. The molecule has 0 aromatic carbocycles. The first kappa shape index (κ1) is 11.2. The molecule has 1 fully saturated rings. The predicted molar refractivity (Wildman–Crippen MR) is 64.7 cm³/mol. The largest absolute Gasteiger partial charge is 0.356 e. The number of nitrogens with zero attached hydrogens (tertiary/aromatic N) is 2. The van der Waals surface area contributed by atoms with Gasteiger partial charge in [-0.1, -0.05) is 6.92 Å². The van der Waals surface area contributed by atoms with E-state index in [1.165, 1.54) is 32.0 Å². The molecule has 1 aliphatic rings. The van der Waals surface area contributed by atoms with Gasteiger partial charge >= 0.3 is 0 Å². The maximum Gasteiger partial charge on any atom is 0.252 e. The molecular formula is C12H19N3O.